The van der Waals surface area contributed by atoms with Crippen molar-refractivity contribution < 1.29 is 19.1 Å². The highest BCUT2D eigenvalue weighted by Gasteiger charge is 2.30. The Balaban J connectivity index is 1.55. The van der Waals surface area contributed by atoms with Crippen molar-refractivity contribution in [2.75, 3.05) is 6.61 Å². The van der Waals surface area contributed by atoms with Crippen LogP contribution in [0.15, 0.2) is 59.1 Å². The Morgan fingerprint density at radius 1 is 1.12 bits per heavy atom. The molecule has 1 N–H and O–H groups in total. The summed E-state index contributed by atoms with van der Waals surface area (Å²) in [6.07, 6.45) is 1.07. The molecule has 1 amide bonds. The Labute approximate surface area is 160 Å². The van der Waals surface area contributed by atoms with Crippen LogP contribution in [0.3, 0.4) is 0 Å². The van der Waals surface area contributed by atoms with Gasteiger partial charge < -0.3 is 14.8 Å². The molecule has 2 aromatic rings. The van der Waals surface area contributed by atoms with E-state index in [4.69, 9.17) is 9.47 Å². The van der Waals surface area contributed by atoms with Crippen LogP contribution in [0.4, 0.5) is 0 Å². The van der Waals surface area contributed by atoms with E-state index in [-0.39, 0.29) is 25.0 Å². The molecule has 1 saturated carbocycles. The Bertz CT molecular complexity index is 761. The molecule has 2 aromatic carbocycles. The second kappa shape index (κ2) is 8.85. The van der Waals surface area contributed by atoms with Gasteiger partial charge in [-0.3, -0.25) is 9.59 Å². The normalized spacial score (nSPS) is 14.3. The van der Waals surface area contributed by atoms with E-state index in [0.717, 1.165) is 17.3 Å². The van der Waals surface area contributed by atoms with Gasteiger partial charge in [0, 0.05) is 16.1 Å². The van der Waals surface area contributed by atoms with Gasteiger partial charge >= 0.3 is 5.97 Å². The van der Waals surface area contributed by atoms with Gasteiger partial charge in [0.1, 0.15) is 5.75 Å². The molecular formula is C20H20BrNO4. The average Bonchev–Trinajstić information content (AvgIpc) is 3.44. The number of hydrogen-bond donors (Lipinski definition) is 1. The Morgan fingerprint density at radius 3 is 2.58 bits per heavy atom. The lowest BCUT2D eigenvalue weighted by atomic mass is 10.1. The second-order valence-corrected chi connectivity index (χ2v) is 7.03. The van der Waals surface area contributed by atoms with Crippen molar-refractivity contribution in [1.29, 1.82) is 0 Å². The van der Waals surface area contributed by atoms with E-state index >= 15 is 0 Å². The second-order valence-electron chi connectivity index (χ2n) is 6.12. The fraction of sp³-hybridized carbons (Fsp3) is 0.300. The Morgan fingerprint density at radius 2 is 1.88 bits per heavy atom. The molecule has 1 fully saturated rings. The molecule has 0 aromatic heterocycles. The summed E-state index contributed by atoms with van der Waals surface area (Å²) in [4.78, 5) is 24.6. The van der Waals surface area contributed by atoms with Crippen LogP contribution < -0.4 is 10.1 Å². The quantitative estimate of drug-likeness (QED) is 0.663. The molecule has 1 aliphatic carbocycles. The van der Waals surface area contributed by atoms with Crippen LogP contribution in [0, 0.1) is 0 Å². The van der Waals surface area contributed by atoms with E-state index in [2.05, 4.69) is 21.2 Å². The topological polar surface area (TPSA) is 64.6 Å². The van der Waals surface area contributed by atoms with Crippen molar-refractivity contribution in [3.63, 3.8) is 0 Å². The van der Waals surface area contributed by atoms with Crippen LogP contribution in [0.1, 0.15) is 30.9 Å². The fourth-order valence-electron chi connectivity index (χ4n) is 2.40. The molecule has 0 saturated heterocycles. The summed E-state index contributed by atoms with van der Waals surface area (Å²) in [5, 5.41) is 2.89. The van der Waals surface area contributed by atoms with Crippen LogP contribution in [0.5, 0.6) is 5.75 Å². The van der Waals surface area contributed by atoms with Crippen molar-refractivity contribution in [3.8, 4) is 5.75 Å². The summed E-state index contributed by atoms with van der Waals surface area (Å²) in [7, 11) is 0. The van der Waals surface area contributed by atoms with Crippen LogP contribution in [0.25, 0.3) is 0 Å². The lowest BCUT2D eigenvalue weighted by Gasteiger charge is -2.18. The summed E-state index contributed by atoms with van der Waals surface area (Å²) in [5.41, 5.74) is 0.659. The van der Waals surface area contributed by atoms with Gasteiger partial charge in [-0.1, -0.05) is 52.3 Å². The molecule has 6 heteroatoms. The first-order chi connectivity index (χ1) is 12.6. The number of ether oxygens (including phenoxy) is 2. The molecule has 3 rings (SSSR count). The minimum atomic E-state index is -0.935. The third-order valence-corrected chi connectivity index (χ3v) is 4.38. The van der Waals surface area contributed by atoms with Crippen LogP contribution in [0.2, 0.25) is 0 Å². The monoisotopic (exact) mass is 417 g/mol. The minimum absolute atomic E-state index is 0.0621. The summed E-state index contributed by atoms with van der Waals surface area (Å²) in [6, 6.07) is 16.6. The van der Waals surface area contributed by atoms with Gasteiger partial charge in [0.05, 0.1) is 13.0 Å². The van der Waals surface area contributed by atoms with Crippen LogP contribution >= 0.6 is 15.9 Å². The van der Waals surface area contributed by atoms with Gasteiger partial charge in [0.15, 0.2) is 0 Å². The molecule has 0 spiro atoms. The lowest BCUT2D eigenvalue weighted by Crippen LogP contribution is -2.33. The number of rotatable bonds is 8. The molecule has 1 atom stereocenters. The Kier molecular flexibility index (Phi) is 6.28. The zero-order valence-corrected chi connectivity index (χ0v) is 15.8. The molecule has 0 radical (unpaired) electrons. The van der Waals surface area contributed by atoms with E-state index in [1.165, 1.54) is 0 Å². The zero-order chi connectivity index (χ0) is 18.4. The van der Waals surface area contributed by atoms with Crippen molar-refractivity contribution in [3.05, 3.63) is 64.6 Å². The molecule has 0 aliphatic heterocycles. The van der Waals surface area contributed by atoms with Crippen LogP contribution in [-0.2, 0) is 14.3 Å². The summed E-state index contributed by atoms with van der Waals surface area (Å²) < 4.78 is 11.9. The van der Waals surface area contributed by atoms with Gasteiger partial charge in [-0.2, -0.15) is 0 Å². The summed E-state index contributed by atoms with van der Waals surface area (Å²) in [5.74, 6) is -0.0852. The standard InChI is InChI=1S/C20H20BrNO4/c21-15-7-4-8-17(13-15)25-12-11-18(23)26-19(14-5-2-1-3-6-14)20(24)22-16-9-10-16/h1-8,13,16,19H,9-12H2,(H,22,24)/t19-/m1/s1. The minimum Gasteiger partial charge on any atom is -0.493 e. The highest BCUT2D eigenvalue weighted by molar-refractivity contribution is 9.10. The van der Waals surface area contributed by atoms with Gasteiger partial charge in [-0.25, -0.2) is 0 Å². The van der Waals surface area contributed by atoms with Crippen molar-refractivity contribution in [2.24, 2.45) is 0 Å². The SMILES string of the molecule is O=C(CCOc1cccc(Br)c1)O[C@@H](C(=O)NC1CC1)c1ccccc1. The lowest BCUT2D eigenvalue weighted by molar-refractivity contribution is -0.157. The molecule has 0 unspecified atom stereocenters. The van der Waals surface area contributed by atoms with E-state index in [0.29, 0.717) is 11.3 Å². The maximum Gasteiger partial charge on any atom is 0.310 e. The molecule has 0 heterocycles. The summed E-state index contributed by atoms with van der Waals surface area (Å²) >= 11 is 3.37. The van der Waals surface area contributed by atoms with Gasteiger partial charge in [-0.05, 0) is 31.0 Å². The van der Waals surface area contributed by atoms with Crippen molar-refractivity contribution in [1.82, 2.24) is 5.32 Å². The first kappa shape index (κ1) is 18.5. The first-order valence-electron chi connectivity index (χ1n) is 8.55. The third-order valence-electron chi connectivity index (χ3n) is 3.88. The maximum atomic E-state index is 12.4. The molecular weight excluding hydrogens is 398 g/mol. The molecule has 5 nitrogen and oxygen atoms in total. The molecule has 136 valence electrons. The molecule has 26 heavy (non-hydrogen) atoms. The number of amides is 1. The van der Waals surface area contributed by atoms with Crippen LogP contribution in [-0.4, -0.2) is 24.5 Å². The van der Waals surface area contributed by atoms with Crippen molar-refractivity contribution >= 4 is 27.8 Å². The summed E-state index contributed by atoms with van der Waals surface area (Å²) in [6.45, 7) is 0.182. The van der Waals surface area contributed by atoms with Gasteiger partial charge in [0.25, 0.3) is 5.91 Å². The Hall–Kier alpha value is -2.34. The number of nitrogens with one attached hydrogen (secondary N) is 1. The largest absolute Gasteiger partial charge is 0.493 e. The number of benzene rings is 2. The smallest absolute Gasteiger partial charge is 0.310 e. The number of esters is 1. The van der Waals surface area contributed by atoms with E-state index in [9.17, 15) is 9.59 Å². The highest BCUT2D eigenvalue weighted by Crippen LogP contribution is 2.23. The average molecular weight is 418 g/mol. The predicted molar refractivity (Wildman–Crippen MR) is 101 cm³/mol. The van der Waals surface area contributed by atoms with Gasteiger partial charge in [0.2, 0.25) is 6.10 Å². The predicted octanol–water partition coefficient (Wildman–Crippen LogP) is 3.78. The zero-order valence-electron chi connectivity index (χ0n) is 14.2. The third kappa shape index (κ3) is 5.59. The highest BCUT2D eigenvalue weighted by atomic mass is 79.9. The molecule has 1 aliphatic rings. The van der Waals surface area contributed by atoms with Crippen molar-refractivity contribution in [2.45, 2.75) is 31.4 Å². The number of halogens is 1. The van der Waals surface area contributed by atoms with E-state index in [1.807, 2.05) is 42.5 Å². The van der Waals surface area contributed by atoms with Gasteiger partial charge in [-0.15, -0.1) is 0 Å². The number of carbonyl (C=O) groups excluding carboxylic acids is 2. The fourth-order valence-corrected chi connectivity index (χ4v) is 2.78. The van der Waals surface area contributed by atoms with E-state index < -0.39 is 12.1 Å². The van der Waals surface area contributed by atoms with E-state index in [1.54, 1.807) is 12.1 Å². The number of hydrogen-bond acceptors (Lipinski definition) is 4. The molecule has 0 bridgehead atoms. The maximum absolute atomic E-state index is 12.4. The first-order valence-corrected chi connectivity index (χ1v) is 9.34. The number of carbonyl (C=O) groups is 2.